The van der Waals surface area contributed by atoms with Crippen LogP contribution < -0.4 is 0 Å². The zero-order valence-electron chi connectivity index (χ0n) is 24.6. The van der Waals surface area contributed by atoms with Crippen molar-refractivity contribution in [2.75, 3.05) is 19.8 Å². The van der Waals surface area contributed by atoms with E-state index in [1.54, 1.807) is 0 Å². The number of rotatable bonds is 24. The van der Waals surface area contributed by atoms with E-state index >= 15 is 0 Å². The van der Waals surface area contributed by atoms with Gasteiger partial charge in [0.1, 0.15) is 11.6 Å². The maximum Gasteiger partial charge on any atom is 0.311 e. The Morgan fingerprint density at radius 2 is 1.24 bits per heavy atom. The van der Waals surface area contributed by atoms with Crippen molar-refractivity contribution in [1.82, 2.24) is 0 Å². The molecular formula is C30H52O8. The van der Waals surface area contributed by atoms with Gasteiger partial charge in [0.2, 0.25) is 0 Å². The van der Waals surface area contributed by atoms with Crippen LogP contribution in [-0.2, 0) is 38.2 Å². The highest BCUT2D eigenvalue weighted by Crippen LogP contribution is 2.21. The van der Waals surface area contributed by atoms with E-state index in [1.165, 1.54) is 0 Å². The van der Waals surface area contributed by atoms with Gasteiger partial charge in [-0.25, -0.2) is 0 Å². The standard InChI is InChI=1S/C30H52O8/c1-6-9-14-24(7-2)23-38-28(34)20-19-26(32)18-17-25(31)15-11-10-12-21-36-27(33)16-13-22-37-29(35)30(4,5)8-3/h24H,6-23H2,1-5H3. The van der Waals surface area contributed by atoms with Crippen molar-refractivity contribution in [3.05, 3.63) is 0 Å². The SMILES string of the molecule is CCCCC(CC)COC(=O)CCC(=O)CCC(=O)CCCCCOC(=O)CCCOC(=O)C(C)(C)CC. The molecule has 0 aliphatic rings. The van der Waals surface area contributed by atoms with Gasteiger partial charge in [0.25, 0.3) is 0 Å². The van der Waals surface area contributed by atoms with Crippen LogP contribution in [0.4, 0.5) is 0 Å². The van der Waals surface area contributed by atoms with E-state index in [-0.39, 0.29) is 68.2 Å². The second kappa shape index (κ2) is 21.7. The molecule has 1 unspecified atom stereocenters. The van der Waals surface area contributed by atoms with Gasteiger partial charge in [-0.05, 0) is 58.3 Å². The molecule has 38 heavy (non-hydrogen) atoms. The van der Waals surface area contributed by atoms with Crippen LogP contribution in [-0.4, -0.2) is 49.3 Å². The highest BCUT2D eigenvalue weighted by Gasteiger charge is 2.26. The van der Waals surface area contributed by atoms with E-state index in [9.17, 15) is 24.0 Å². The van der Waals surface area contributed by atoms with E-state index in [0.717, 1.165) is 32.1 Å². The molecule has 0 spiro atoms. The Bertz CT molecular complexity index is 713. The summed E-state index contributed by atoms with van der Waals surface area (Å²) < 4.78 is 15.7. The van der Waals surface area contributed by atoms with Crippen LogP contribution in [0.25, 0.3) is 0 Å². The Kier molecular flexibility index (Phi) is 20.4. The van der Waals surface area contributed by atoms with Crippen molar-refractivity contribution in [2.24, 2.45) is 11.3 Å². The first-order valence-electron chi connectivity index (χ1n) is 14.6. The summed E-state index contributed by atoms with van der Waals surface area (Å²) in [5, 5.41) is 0. The Hall–Kier alpha value is -2.25. The quantitative estimate of drug-likeness (QED) is 0.0795. The average molecular weight is 541 g/mol. The zero-order chi connectivity index (χ0) is 28.8. The number of hydrogen-bond donors (Lipinski definition) is 0. The number of esters is 3. The molecule has 0 aliphatic carbocycles. The Labute approximate surface area is 229 Å². The Morgan fingerprint density at radius 1 is 0.632 bits per heavy atom. The lowest BCUT2D eigenvalue weighted by atomic mass is 9.91. The third-order valence-electron chi connectivity index (χ3n) is 6.87. The van der Waals surface area contributed by atoms with Crippen LogP contribution in [0.1, 0.15) is 131 Å². The second-order valence-electron chi connectivity index (χ2n) is 10.7. The molecule has 0 N–H and O–H groups in total. The van der Waals surface area contributed by atoms with E-state index in [0.29, 0.717) is 51.2 Å². The lowest BCUT2D eigenvalue weighted by Crippen LogP contribution is -2.26. The minimum absolute atomic E-state index is 0.0282. The van der Waals surface area contributed by atoms with Crippen LogP contribution in [0.5, 0.6) is 0 Å². The number of hydrogen-bond acceptors (Lipinski definition) is 8. The second-order valence-corrected chi connectivity index (χ2v) is 10.7. The lowest BCUT2D eigenvalue weighted by Gasteiger charge is -2.20. The van der Waals surface area contributed by atoms with Crippen molar-refractivity contribution in [3.8, 4) is 0 Å². The highest BCUT2D eigenvalue weighted by molar-refractivity contribution is 5.87. The van der Waals surface area contributed by atoms with Crippen molar-refractivity contribution in [1.29, 1.82) is 0 Å². The molecule has 0 bridgehead atoms. The average Bonchev–Trinajstić information content (AvgIpc) is 2.90. The van der Waals surface area contributed by atoms with E-state index in [1.807, 2.05) is 20.8 Å². The molecule has 1 atom stereocenters. The van der Waals surface area contributed by atoms with Gasteiger partial charge in [-0.3, -0.25) is 24.0 Å². The van der Waals surface area contributed by atoms with Gasteiger partial charge in [0.05, 0.1) is 31.7 Å². The van der Waals surface area contributed by atoms with Crippen molar-refractivity contribution in [2.45, 2.75) is 131 Å². The summed E-state index contributed by atoms with van der Waals surface area (Å²) in [6, 6.07) is 0. The Balaban J connectivity index is 3.75. The van der Waals surface area contributed by atoms with E-state index < -0.39 is 5.41 Å². The first kappa shape index (κ1) is 35.8. The van der Waals surface area contributed by atoms with Gasteiger partial charge in [0, 0.05) is 32.1 Å². The third-order valence-corrected chi connectivity index (χ3v) is 6.87. The fraction of sp³-hybridized carbons (Fsp3) is 0.833. The van der Waals surface area contributed by atoms with Gasteiger partial charge < -0.3 is 14.2 Å². The molecule has 0 aromatic carbocycles. The van der Waals surface area contributed by atoms with Gasteiger partial charge >= 0.3 is 17.9 Å². The maximum atomic E-state index is 12.0. The molecule has 0 fully saturated rings. The molecule has 8 nitrogen and oxygen atoms in total. The highest BCUT2D eigenvalue weighted by atomic mass is 16.5. The molecule has 0 aliphatic heterocycles. The molecule has 0 rings (SSSR count). The number of Topliss-reactive ketones (excluding diaryl/α,β-unsaturated/α-hetero) is 2. The molecular weight excluding hydrogens is 488 g/mol. The number of ketones is 2. The van der Waals surface area contributed by atoms with Gasteiger partial charge in [-0.2, -0.15) is 0 Å². The summed E-state index contributed by atoms with van der Waals surface area (Å²) in [7, 11) is 0. The summed E-state index contributed by atoms with van der Waals surface area (Å²) in [6.45, 7) is 10.7. The minimum Gasteiger partial charge on any atom is -0.466 e. The summed E-state index contributed by atoms with van der Waals surface area (Å²) >= 11 is 0. The maximum absolute atomic E-state index is 12.0. The molecule has 0 saturated carbocycles. The van der Waals surface area contributed by atoms with Crippen LogP contribution in [0, 0.1) is 11.3 Å². The summed E-state index contributed by atoms with van der Waals surface area (Å²) in [4.78, 5) is 59.6. The fourth-order valence-corrected chi connectivity index (χ4v) is 3.53. The molecule has 0 saturated heterocycles. The van der Waals surface area contributed by atoms with E-state index in [4.69, 9.17) is 14.2 Å². The summed E-state index contributed by atoms with van der Waals surface area (Å²) in [5.41, 5.74) is -0.515. The lowest BCUT2D eigenvalue weighted by molar-refractivity contribution is -0.155. The minimum atomic E-state index is -0.515. The predicted octanol–water partition coefficient (Wildman–Crippen LogP) is 6.31. The van der Waals surface area contributed by atoms with E-state index in [2.05, 4.69) is 13.8 Å². The van der Waals surface area contributed by atoms with Crippen molar-refractivity contribution in [3.63, 3.8) is 0 Å². The third kappa shape index (κ3) is 18.9. The predicted molar refractivity (Wildman–Crippen MR) is 146 cm³/mol. The molecule has 0 aromatic heterocycles. The number of unbranched alkanes of at least 4 members (excludes halogenated alkanes) is 3. The topological polar surface area (TPSA) is 113 Å². The monoisotopic (exact) mass is 540 g/mol. The van der Waals surface area contributed by atoms with Crippen LogP contribution in [0.3, 0.4) is 0 Å². The molecule has 0 aromatic rings. The molecule has 220 valence electrons. The molecule has 0 heterocycles. The summed E-state index contributed by atoms with van der Waals surface area (Å²) in [6.07, 6.45) is 8.58. The number of carbonyl (C=O) groups excluding carboxylic acids is 5. The molecule has 0 amide bonds. The van der Waals surface area contributed by atoms with Gasteiger partial charge in [-0.15, -0.1) is 0 Å². The normalized spacial score (nSPS) is 12.0. The van der Waals surface area contributed by atoms with Crippen molar-refractivity contribution >= 4 is 29.5 Å². The van der Waals surface area contributed by atoms with Crippen LogP contribution in [0.2, 0.25) is 0 Å². The Morgan fingerprint density at radius 3 is 1.87 bits per heavy atom. The number of ether oxygens (including phenoxy) is 3. The smallest absolute Gasteiger partial charge is 0.311 e. The van der Waals surface area contributed by atoms with Crippen molar-refractivity contribution < 1.29 is 38.2 Å². The first-order chi connectivity index (χ1) is 18.0. The van der Waals surface area contributed by atoms with Gasteiger partial charge in [0.15, 0.2) is 0 Å². The molecule has 8 heteroatoms. The first-order valence-corrected chi connectivity index (χ1v) is 14.6. The van der Waals surface area contributed by atoms with Crippen LogP contribution in [0.15, 0.2) is 0 Å². The molecule has 0 radical (unpaired) electrons. The van der Waals surface area contributed by atoms with Crippen LogP contribution >= 0.6 is 0 Å². The fourth-order valence-electron chi connectivity index (χ4n) is 3.53. The van der Waals surface area contributed by atoms with Gasteiger partial charge in [-0.1, -0.05) is 40.0 Å². The number of carbonyl (C=O) groups is 5. The zero-order valence-corrected chi connectivity index (χ0v) is 24.6. The summed E-state index contributed by atoms with van der Waals surface area (Å²) in [5.74, 6) is -0.619. The largest absolute Gasteiger partial charge is 0.466 e.